The predicted octanol–water partition coefficient (Wildman–Crippen LogP) is 5.56. The Morgan fingerprint density at radius 1 is 1.12 bits per heavy atom. The van der Waals surface area contributed by atoms with Crippen LogP contribution in [0.25, 0.3) is 0 Å². The van der Waals surface area contributed by atoms with E-state index in [9.17, 15) is 9.59 Å². The lowest BCUT2D eigenvalue weighted by molar-refractivity contribution is -0.164. The van der Waals surface area contributed by atoms with E-state index in [1.807, 2.05) is 20.8 Å². The number of anilines is 1. The van der Waals surface area contributed by atoms with Crippen molar-refractivity contribution in [2.75, 3.05) is 18.0 Å². The molecule has 2 fully saturated rings. The van der Waals surface area contributed by atoms with Crippen LogP contribution in [0, 0.1) is 28.1 Å². The number of rotatable bonds is 7. The van der Waals surface area contributed by atoms with E-state index in [1.54, 1.807) is 30.6 Å². The zero-order chi connectivity index (χ0) is 30.2. The fraction of sp³-hybridized carbons (Fsp3) is 0.581. The fourth-order valence-corrected chi connectivity index (χ4v) is 6.58. The number of nitrogens with zero attached hydrogens (tertiary/aromatic N) is 4. The molecule has 1 saturated carbocycles. The largest absolute Gasteiger partial charge is 0.489 e. The minimum atomic E-state index is -0.472. The highest BCUT2D eigenvalue weighted by Crippen LogP contribution is 2.55. The van der Waals surface area contributed by atoms with Gasteiger partial charge in [-0.05, 0) is 51.7 Å². The topological polar surface area (TPSA) is 117 Å². The number of hydrogen-bond acceptors (Lipinski definition) is 8. The quantitative estimate of drug-likeness (QED) is 0.422. The van der Waals surface area contributed by atoms with Crippen LogP contribution in [0.15, 0.2) is 30.6 Å². The van der Waals surface area contributed by atoms with E-state index < -0.39 is 5.60 Å². The Balaban J connectivity index is 1.32. The lowest BCUT2D eigenvalue weighted by Gasteiger charge is -2.63. The van der Waals surface area contributed by atoms with Gasteiger partial charge in [-0.2, -0.15) is 5.26 Å². The summed E-state index contributed by atoms with van der Waals surface area (Å²) in [4.78, 5) is 36.4. The van der Waals surface area contributed by atoms with Gasteiger partial charge in [0.2, 0.25) is 5.95 Å². The van der Waals surface area contributed by atoms with E-state index in [-0.39, 0.29) is 40.8 Å². The van der Waals surface area contributed by atoms with Crippen LogP contribution in [0.2, 0.25) is 5.02 Å². The third kappa shape index (κ3) is 6.75. The third-order valence-corrected chi connectivity index (χ3v) is 8.42. The second-order valence-corrected chi connectivity index (χ2v) is 13.7. The van der Waals surface area contributed by atoms with Crippen LogP contribution in [-0.2, 0) is 9.53 Å². The van der Waals surface area contributed by atoms with Crippen molar-refractivity contribution in [1.82, 2.24) is 15.3 Å². The second kappa shape index (κ2) is 11.5. The second-order valence-electron chi connectivity index (χ2n) is 13.3. The van der Waals surface area contributed by atoms with Crippen LogP contribution in [0.4, 0.5) is 5.95 Å². The fourth-order valence-electron chi connectivity index (χ4n) is 6.37. The van der Waals surface area contributed by atoms with Crippen molar-refractivity contribution < 1.29 is 19.1 Å². The van der Waals surface area contributed by atoms with Gasteiger partial charge in [0.25, 0.3) is 5.91 Å². The Kier molecular flexibility index (Phi) is 8.56. The van der Waals surface area contributed by atoms with Crippen LogP contribution in [0.5, 0.6) is 5.75 Å². The number of amides is 1. The van der Waals surface area contributed by atoms with Gasteiger partial charge in [-0.25, -0.2) is 9.97 Å². The lowest BCUT2D eigenvalue weighted by atomic mass is 9.49. The maximum absolute atomic E-state index is 13.2. The Labute approximate surface area is 247 Å². The summed E-state index contributed by atoms with van der Waals surface area (Å²) in [5.74, 6) is 1.05. The van der Waals surface area contributed by atoms with Crippen LogP contribution >= 0.6 is 11.6 Å². The SMILES string of the molecule is CC(C)(C)OC(=O)CC1CCN(c2ncc(C(=O)NC3C(C)(C)C(Oc4ccc(C#N)c(Cl)c4)C3(C)C)cn2)CC1. The van der Waals surface area contributed by atoms with Gasteiger partial charge in [0.1, 0.15) is 23.5 Å². The van der Waals surface area contributed by atoms with Crippen molar-refractivity contribution in [3.8, 4) is 11.8 Å². The summed E-state index contributed by atoms with van der Waals surface area (Å²) in [6, 6.07) is 6.93. The number of halogens is 1. The highest BCUT2D eigenvalue weighted by Gasteiger charge is 2.64. The first-order valence-electron chi connectivity index (χ1n) is 14.1. The number of hydrogen-bond donors (Lipinski definition) is 1. The summed E-state index contributed by atoms with van der Waals surface area (Å²) < 4.78 is 11.8. The van der Waals surface area contributed by atoms with Crippen molar-refractivity contribution >= 4 is 29.4 Å². The molecule has 220 valence electrons. The molecule has 1 amide bonds. The molecular weight excluding hydrogens is 542 g/mol. The Hall–Kier alpha value is -3.38. The molecule has 1 N–H and O–H groups in total. The Morgan fingerprint density at radius 3 is 2.27 bits per heavy atom. The molecule has 0 spiro atoms. The van der Waals surface area contributed by atoms with Crippen molar-refractivity contribution in [3.63, 3.8) is 0 Å². The van der Waals surface area contributed by atoms with E-state index in [4.69, 9.17) is 26.3 Å². The highest BCUT2D eigenvalue weighted by atomic mass is 35.5. The molecule has 9 nitrogen and oxygen atoms in total. The minimum absolute atomic E-state index is 0.156. The average molecular weight is 582 g/mol. The van der Waals surface area contributed by atoms with Crippen molar-refractivity contribution in [2.45, 2.75) is 85.5 Å². The van der Waals surface area contributed by atoms with Crippen molar-refractivity contribution in [3.05, 3.63) is 46.7 Å². The smallest absolute Gasteiger partial charge is 0.306 e. The number of nitriles is 1. The van der Waals surface area contributed by atoms with Gasteiger partial charge >= 0.3 is 5.97 Å². The van der Waals surface area contributed by atoms with Crippen LogP contribution in [0.3, 0.4) is 0 Å². The molecule has 0 radical (unpaired) electrons. The Morgan fingerprint density at radius 2 is 1.73 bits per heavy atom. The van der Waals surface area contributed by atoms with E-state index in [1.165, 1.54) is 0 Å². The van der Waals surface area contributed by atoms with E-state index in [0.717, 1.165) is 25.9 Å². The van der Waals surface area contributed by atoms with E-state index in [2.05, 4.69) is 53.9 Å². The molecular formula is C31H40ClN5O4. The summed E-state index contributed by atoms with van der Waals surface area (Å²) in [6.45, 7) is 15.4. The Bertz CT molecular complexity index is 1310. The highest BCUT2D eigenvalue weighted by molar-refractivity contribution is 6.31. The van der Waals surface area contributed by atoms with Crippen LogP contribution in [-0.4, -0.2) is 52.7 Å². The van der Waals surface area contributed by atoms with Gasteiger partial charge in [-0.15, -0.1) is 0 Å². The zero-order valence-electron chi connectivity index (χ0n) is 25.0. The minimum Gasteiger partial charge on any atom is -0.489 e. The molecule has 1 saturated heterocycles. The van der Waals surface area contributed by atoms with Gasteiger partial charge in [0.05, 0.1) is 16.1 Å². The van der Waals surface area contributed by atoms with Gasteiger partial charge in [0.15, 0.2) is 0 Å². The monoisotopic (exact) mass is 581 g/mol. The summed E-state index contributed by atoms with van der Waals surface area (Å²) in [5, 5.41) is 12.6. The summed E-state index contributed by atoms with van der Waals surface area (Å²) in [5.41, 5.74) is -0.426. The van der Waals surface area contributed by atoms with Crippen molar-refractivity contribution in [2.24, 2.45) is 16.7 Å². The maximum Gasteiger partial charge on any atom is 0.306 e. The standard InChI is InChI=1S/C31H40ClN5O4/c1-29(2,3)41-24(38)14-19-10-12-37(13-11-19)28-34-17-21(18-35-28)25(39)36-26-30(4,5)27(31(26,6)7)40-22-9-8-20(16-33)23(32)15-22/h8-9,15,17-19,26-27H,10-14H2,1-7H3,(H,36,39). The summed E-state index contributed by atoms with van der Waals surface area (Å²) >= 11 is 6.19. The first-order chi connectivity index (χ1) is 19.1. The molecule has 10 heteroatoms. The molecule has 0 bridgehead atoms. The number of carbonyl (C=O) groups excluding carboxylic acids is 2. The predicted molar refractivity (Wildman–Crippen MR) is 157 cm³/mol. The summed E-state index contributed by atoms with van der Waals surface area (Å²) in [7, 11) is 0. The zero-order valence-corrected chi connectivity index (χ0v) is 25.7. The lowest BCUT2D eigenvalue weighted by Crippen LogP contribution is -2.74. The molecule has 2 aliphatic rings. The normalized spacial score (nSPS) is 21.8. The molecule has 0 atom stereocenters. The first-order valence-corrected chi connectivity index (χ1v) is 14.5. The number of aromatic nitrogens is 2. The van der Waals surface area contributed by atoms with Gasteiger partial charge < -0.3 is 19.7 Å². The number of esters is 1. The number of carbonyl (C=O) groups is 2. The van der Waals surface area contributed by atoms with Crippen LogP contribution in [0.1, 0.15) is 83.7 Å². The van der Waals surface area contributed by atoms with Gasteiger partial charge in [0, 0.05) is 54.8 Å². The maximum atomic E-state index is 13.2. The van der Waals surface area contributed by atoms with Gasteiger partial charge in [-0.3, -0.25) is 9.59 Å². The molecule has 1 aliphatic heterocycles. The van der Waals surface area contributed by atoms with E-state index >= 15 is 0 Å². The summed E-state index contributed by atoms with van der Waals surface area (Å²) in [6.07, 6.45) is 5.07. The molecule has 1 aliphatic carbocycles. The third-order valence-electron chi connectivity index (χ3n) is 8.10. The number of benzene rings is 1. The average Bonchev–Trinajstić information content (AvgIpc) is 2.89. The first kappa shape index (κ1) is 30.6. The number of nitrogens with one attached hydrogen (secondary N) is 1. The molecule has 2 aromatic rings. The molecule has 0 unspecified atom stereocenters. The van der Waals surface area contributed by atoms with Gasteiger partial charge in [-0.1, -0.05) is 39.3 Å². The van der Waals surface area contributed by atoms with Crippen LogP contribution < -0.4 is 15.0 Å². The number of piperidine rings is 1. The molecule has 2 heterocycles. The number of ether oxygens (including phenoxy) is 2. The van der Waals surface area contributed by atoms with E-state index in [0.29, 0.717) is 34.3 Å². The molecule has 4 rings (SSSR count). The molecule has 41 heavy (non-hydrogen) atoms. The van der Waals surface area contributed by atoms with Crippen molar-refractivity contribution in [1.29, 1.82) is 5.26 Å². The molecule has 1 aromatic carbocycles. The molecule has 1 aromatic heterocycles.